The fourth-order valence-corrected chi connectivity index (χ4v) is 2.17. The molecule has 4 nitrogen and oxygen atoms in total. The molecule has 2 aromatic carbocycles. The summed E-state index contributed by atoms with van der Waals surface area (Å²) in [5.74, 6) is 0.992. The normalized spacial score (nSPS) is 10.4. The Morgan fingerprint density at radius 3 is 2.79 bits per heavy atom. The second-order valence-corrected chi connectivity index (χ2v) is 4.38. The highest BCUT2D eigenvalue weighted by Crippen LogP contribution is 2.30. The lowest BCUT2D eigenvalue weighted by molar-refractivity contribution is -0.118. The van der Waals surface area contributed by atoms with Gasteiger partial charge in [0.1, 0.15) is 11.5 Å². The molecule has 0 aromatic heterocycles. The van der Waals surface area contributed by atoms with Crippen LogP contribution < -0.4 is 10.1 Å². The second-order valence-electron chi connectivity index (χ2n) is 4.38. The smallest absolute Gasteiger partial charge is 0.216 e. The van der Waals surface area contributed by atoms with E-state index in [1.54, 1.807) is 19.2 Å². The van der Waals surface area contributed by atoms with Gasteiger partial charge in [0.05, 0.1) is 7.11 Å². The molecular formula is C15H17NO3. The predicted molar refractivity (Wildman–Crippen MR) is 74.6 cm³/mol. The van der Waals surface area contributed by atoms with E-state index in [0.29, 0.717) is 13.0 Å². The van der Waals surface area contributed by atoms with Crippen molar-refractivity contribution in [3.8, 4) is 11.5 Å². The first kappa shape index (κ1) is 13.2. The number of hydrogen-bond acceptors (Lipinski definition) is 3. The zero-order valence-electron chi connectivity index (χ0n) is 11.1. The number of amides is 1. The lowest BCUT2D eigenvalue weighted by Gasteiger charge is -2.12. The van der Waals surface area contributed by atoms with Gasteiger partial charge in [0.2, 0.25) is 5.91 Å². The third kappa shape index (κ3) is 2.96. The Kier molecular flexibility index (Phi) is 3.90. The van der Waals surface area contributed by atoms with E-state index in [1.165, 1.54) is 6.92 Å². The van der Waals surface area contributed by atoms with Crippen molar-refractivity contribution in [3.05, 3.63) is 35.9 Å². The monoisotopic (exact) mass is 259 g/mol. The number of phenolic OH excluding ortho intramolecular Hbond substituents is 1. The molecule has 0 unspecified atom stereocenters. The number of phenols is 1. The van der Waals surface area contributed by atoms with Crippen LogP contribution in [0.1, 0.15) is 12.5 Å². The minimum absolute atomic E-state index is 0.0446. The van der Waals surface area contributed by atoms with E-state index in [9.17, 15) is 9.90 Å². The van der Waals surface area contributed by atoms with Gasteiger partial charge in [-0.1, -0.05) is 12.1 Å². The van der Waals surface area contributed by atoms with Crippen molar-refractivity contribution >= 4 is 16.7 Å². The average molecular weight is 259 g/mol. The summed E-state index contributed by atoms with van der Waals surface area (Å²) in [5, 5.41) is 14.3. The third-order valence-electron chi connectivity index (χ3n) is 3.04. The van der Waals surface area contributed by atoms with Gasteiger partial charge in [-0.2, -0.15) is 0 Å². The van der Waals surface area contributed by atoms with Crippen LogP contribution in [0, 0.1) is 0 Å². The molecule has 19 heavy (non-hydrogen) atoms. The van der Waals surface area contributed by atoms with Crippen molar-refractivity contribution in [2.75, 3.05) is 13.7 Å². The number of aromatic hydroxyl groups is 1. The van der Waals surface area contributed by atoms with E-state index in [1.807, 2.05) is 18.2 Å². The molecule has 2 aromatic rings. The van der Waals surface area contributed by atoms with Crippen LogP contribution in [0.3, 0.4) is 0 Å². The van der Waals surface area contributed by atoms with Gasteiger partial charge in [-0.15, -0.1) is 0 Å². The number of carbonyl (C=O) groups is 1. The Bertz CT molecular complexity index is 608. The number of ether oxygens (including phenoxy) is 1. The topological polar surface area (TPSA) is 58.6 Å². The summed E-state index contributed by atoms with van der Waals surface area (Å²) < 4.78 is 5.37. The highest BCUT2D eigenvalue weighted by Gasteiger charge is 2.09. The van der Waals surface area contributed by atoms with Crippen LogP contribution in [0.2, 0.25) is 0 Å². The molecule has 0 aliphatic carbocycles. The Hall–Kier alpha value is -2.23. The zero-order chi connectivity index (χ0) is 13.8. The number of methoxy groups -OCH3 is 1. The minimum atomic E-state index is -0.0446. The lowest BCUT2D eigenvalue weighted by Crippen LogP contribution is -2.22. The SMILES string of the molecule is COc1ccc2cc(O)ccc2c1CCNC(C)=O. The Balaban J connectivity index is 2.39. The van der Waals surface area contributed by atoms with Crippen molar-refractivity contribution in [1.29, 1.82) is 0 Å². The van der Waals surface area contributed by atoms with Gasteiger partial charge in [-0.25, -0.2) is 0 Å². The number of rotatable bonds is 4. The quantitative estimate of drug-likeness (QED) is 0.885. The molecule has 2 N–H and O–H groups in total. The second kappa shape index (κ2) is 5.61. The van der Waals surface area contributed by atoms with Gasteiger partial charge in [0.25, 0.3) is 0 Å². The van der Waals surface area contributed by atoms with Crippen LogP contribution in [0.4, 0.5) is 0 Å². The molecule has 0 fully saturated rings. The minimum Gasteiger partial charge on any atom is -0.508 e. The van der Waals surface area contributed by atoms with E-state index in [-0.39, 0.29) is 11.7 Å². The largest absolute Gasteiger partial charge is 0.508 e. The van der Waals surface area contributed by atoms with E-state index in [0.717, 1.165) is 22.1 Å². The number of nitrogens with one attached hydrogen (secondary N) is 1. The molecule has 100 valence electrons. The molecule has 0 spiro atoms. The summed E-state index contributed by atoms with van der Waals surface area (Å²) in [4.78, 5) is 10.9. The molecule has 0 atom stereocenters. The summed E-state index contributed by atoms with van der Waals surface area (Å²) in [5.41, 5.74) is 1.04. The highest BCUT2D eigenvalue weighted by atomic mass is 16.5. The molecule has 4 heteroatoms. The Labute approximate surface area is 112 Å². The number of fused-ring (bicyclic) bond motifs is 1. The van der Waals surface area contributed by atoms with Gasteiger partial charge in [-0.3, -0.25) is 4.79 Å². The summed E-state index contributed by atoms with van der Waals surface area (Å²) in [6.45, 7) is 2.06. The summed E-state index contributed by atoms with van der Waals surface area (Å²) >= 11 is 0. The molecule has 2 rings (SSSR count). The zero-order valence-corrected chi connectivity index (χ0v) is 11.1. The fourth-order valence-electron chi connectivity index (χ4n) is 2.17. The van der Waals surface area contributed by atoms with E-state index in [2.05, 4.69) is 5.32 Å². The summed E-state index contributed by atoms with van der Waals surface area (Å²) in [6.07, 6.45) is 0.685. The van der Waals surface area contributed by atoms with Crippen molar-refractivity contribution in [2.45, 2.75) is 13.3 Å². The summed E-state index contributed by atoms with van der Waals surface area (Å²) in [7, 11) is 1.63. The first-order valence-corrected chi connectivity index (χ1v) is 6.15. The third-order valence-corrected chi connectivity index (χ3v) is 3.04. The number of carbonyl (C=O) groups excluding carboxylic acids is 1. The standard InChI is InChI=1S/C15H17NO3/c1-10(17)16-8-7-14-13-5-4-12(18)9-11(13)3-6-15(14)19-2/h3-6,9,18H,7-8H2,1-2H3,(H,16,17). The van der Waals surface area contributed by atoms with Crippen LogP contribution in [0.5, 0.6) is 11.5 Å². The van der Waals surface area contributed by atoms with Crippen LogP contribution in [0.25, 0.3) is 10.8 Å². The molecule has 1 amide bonds. The maximum absolute atomic E-state index is 10.9. The van der Waals surface area contributed by atoms with Gasteiger partial charge in [0, 0.05) is 19.0 Å². The van der Waals surface area contributed by atoms with E-state index < -0.39 is 0 Å². The van der Waals surface area contributed by atoms with Crippen LogP contribution in [0.15, 0.2) is 30.3 Å². The number of benzene rings is 2. The Morgan fingerprint density at radius 1 is 1.32 bits per heavy atom. The maximum Gasteiger partial charge on any atom is 0.216 e. The first-order chi connectivity index (χ1) is 9.11. The number of hydrogen-bond donors (Lipinski definition) is 2. The van der Waals surface area contributed by atoms with Gasteiger partial charge >= 0.3 is 0 Å². The van der Waals surface area contributed by atoms with Crippen LogP contribution in [-0.2, 0) is 11.2 Å². The molecular weight excluding hydrogens is 242 g/mol. The summed E-state index contributed by atoms with van der Waals surface area (Å²) in [6, 6.07) is 9.04. The molecule has 0 bridgehead atoms. The van der Waals surface area contributed by atoms with Crippen molar-refractivity contribution < 1.29 is 14.6 Å². The van der Waals surface area contributed by atoms with E-state index in [4.69, 9.17) is 4.74 Å². The van der Waals surface area contributed by atoms with Crippen LogP contribution in [-0.4, -0.2) is 24.7 Å². The van der Waals surface area contributed by atoms with Gasteiger partial charge in [0.15, 0.2) is 0 Å². The van der Waals surface area contributed by atoms with Crippen molar-refractivity contribution in [1.82, 2.24) is 5.32 Å². The predicted octanol–water partition coefficient (Wildman–Crippen LogP) is 2.23. The first-order valence-electron chi connectivity index (χ1n) is 6.15. The van der Waals surface area contributed by atoms with Crippen LogP contribution >= 0.6 is 0 Å². The molecule has 0 radical (unpaired) electrons. The molecule has 0 saturated heterocycles. The lowest BCUT2D eigenvalue weighted by atomic mass is 10.0. The fraction of sp³-hybridized carbons (Fsp3) is 0.267. The molecule has 0 aliphatic heterocycles. The highest BCUT2D eigenvalue weighted by molar-refractivity contribution is 5.89. The van der Waals surface area contributed by atoms with Gasteiger partial charge < -0.3 is 15.2 Å². The average Bonchev–Trinajstić information content (AvgIpc) is 2.38. The Morgan fingerprint density at radius 2 is 2.11 bits per heavy atom. The van der Waals surface area contributed by atoms with E-state index >= 15 is 0 Å². The maximum atomic E-state index is 10.9. The molecule has 0 saturated carbocycles. The van der Waals surface area contributed by atoms with Gasteiger partial charge in [-0.05, 0) is 35.4 Å². The van der Waals surface area contributed by atoms with Crippen molar-refractivity contribution in [2.24, 2.45) is 0 Å². The molecule has 0 heterocycles. The molecule has 0 aliphatic rings. The van der Waals surface area contributed by atoms with Crippen molar-refractivity contribution in [3.63, 3.8) is 0 Å².